The summed E-state index contributed by atoms with van der Waals surface area (Å²) in [6.07, 6.45) is -0.814. The Morgan fingerprint density at radius 1 is 1.25 bits per heavy atom. The van der Waals surface area contributed by atoms with Gasteiger partial charge in [0.1, 0.15) is 12.0 Å². The summed E-state index contributed by atoms with van der Waals surface area (Å²) in [5, 5.41) is 11.9. The highest BCUT2D eigenvalue weighted by Gasteiger charge is 2.38. The van der Waals surface area contributed by atoms with Crippen LogP contribution in [-0.4, -0.2) is 65.8 Å². The van der Waals surface area contributed by atoms with Crippen LogP contribution in [-0.2, 0) is 23.9 Å². The molecule has 1 rings (SSSR count). The Hall–Kier alpha value is -2.32. The fourth-order valence-corrected chi connectivity index (χ4v) is 2.33. The summed E-state index contributed by atoms with van der Waals surface area (Å²) in [6, 6.07) is -0.668. The summed E-state index contributed by atoms with van der Waals surface area (Å²) in [5.74, 6) is -3.42. The van der Waals surface area contributed by atoms with Crippen molar-refractivity contribution in [3.05, 3.63) is 0 Å². The van der Waals surface area contributed by atoms with E-state index >= 15 is 0 Å². The van der Waals surface area contributed by atoms with E-state index in [4.69, 9.17) is 4.74 Å². The van der Waals surface area contributed by atoms with E-state index in [0.717, 1.165) is 7.11 Å². The largest absolute Gasteiger partial charge is 0.481 e. The van der Waals surface area contributed by atoms with Crippen molar-refractivity contribution in [1.82, 2.24) is 10.2 Å². The molecular weight excluding hydrogens is 320 g/mol. The van der Waals surface area contributed by atoms with Crippen molar-refractivity contribution in [3.63, 3.8) is 0 Å². The molecule has 9 nitrogen and oxygen atoms in total. The number of rotatable bonds is 4. The molecule has 0 aliphatic carbocycles. The standard InChI is InChI=1S/C15H24N2O7/c1-15(2,3)24-14(22)17-6-5-10(9(8-17)13(20)21)16-11(18)7-12(19)23-4/h9-10H,5-8H2,1-4H3,(H,16,18)(H,20,21). The number of carboxylic acids is 1. The van der Waals surface area contributed by atoms with Gasteiger partial charge in [-0.15, -0.1) is 0 Å². The Kier molecular flexibility index (Phi) is 6.56. The summed E-state index contributed by atoms with van der Waals surface area (Å²) >= 11 is 0. The minimum absolute atomic E-state index is 0.0760. The number of piperidine rings is 1. The second-order valence-electron chi connectivity index (χ2n) is 6.59. The van der Waals surface area contributed by atoms with Crippen LogP contribution in [0.2, 0.25) is 0 Å². The Morgan fingerprint density at radius 2 is 1.88 bits per heavy atom. The van der Waals surface area contributed by atoms with Gasteiger partial charge in [0.25, 0.3) is 0 Å². The van der Waals surface area contributed by atoms with E-state index < -0.39 is 47.9 Å². The fourth-order valence-electron chi connectivity index (χ4n) is 2.33. The van der Waals surface area contributed by atoms with Crippen molar-refractivity contribution < 1.29 is 33.8 Å². The van der Waals surface area contributed by atoms with Crippen LogP contribution in [0, 0.1) is 5.92 Å². The number of hydrogen-bond acceptors (Lipinski definition) is 6. The zero-order chi connectivity index (χ0) is 18.5. The molecule has 1 aliphatic heterocycles. The number of likely N-dealkylation sites (tertiary alicyclic amines) is 1. The lowest BCUT2D eigenvalue weighted by molar-refractivity contribution is -0.145. The zero-order valence-corrected chi connectivity index (χ0v) is 14.3. The van der Waals surface area contributed by atoms with Gasteiger partial charge < -0.3 is 24.8 Å². The van der Waals surface area contributed by atoms with Crippen LogP contribution in [0.5, 0.6) is 0 Å². The topological polar surface area (TPSA) is 122 Å². The van der Waals surface area contributed by atoms with Gasteiger partial charge in [-0.25, -0.2) is 4.79 Å². The second kappa shape index (κ2) is 7.98. The first-order valence-corrected chi connectivity index (χ1v) is 7.60. The maximum atomic E-state index is 12.1. The van der Waals surface area contributed by atoms with Crippen LogP contribution >= 0.6 is 0 Å². The van der Waals surface area contributed by atoms with E-state index in [0.29, 0.717) is 0 Å². The Labute approximate surface area is 140 Å². The molecule has 1 heterocycles. The molecule has 1 aliphatic rings. The fraction of sp³-hybridized carbons (Fsp3) is 0.733. The quantitative estimate of drug-likeness (QED) is 0.558. The number of nitrogens with zero attached hydrogens (tertiary/aromatic N) is 1. The SMILES string of the molecule is COC(=O)CC(=O)NC1CCN(C(=O)OC(C)(C)C)CC1C(=O)O. The molecular formula is C15H24N2O7. The summed E-state index contributed by atoms with van der Waals surface area (Å²) in [7, 11) is 1.16. The van der Waals surface area contributed by atoms with Gasteiger partial charge in [-0.3, -0.25) is 14.4 Å². The number of aliphatic carboxylic acids is 1. The average molecular weight is 344 g/mol. The molecule has 2 atom stereocenters. The number of methoxy groups -OCH3 is 1. The van der Waals surface area contributed by atoms with Gasteiger partial charge in [-0.05, 0) is 27.2 Å². The molecule has 0 bridgehead atoms. The third-order valence-electron chi connectivity index (χ3n) is 3.46. The molecule has 24 heavy (non-hydrogen) atoms. The number of carbonyl (C=O) groups excluding carboxylic acids is 3. The predicted octanol–water partition coefficient (Wildman–Crippen LogP) is 0.376. The van der Waals surface area contributed by atoms with Crippen LogP contribution in [0.1, 0.15) is 33.6 Å². The van der Waals surface area contributed by atoms with Crippen molar-refractivity contribution in [2.45, 2.75) is 45.3 Å². The van der Waals surface area contributed by atoms with Crippen molar-refractivity contribution in [1.29, 1.82) is 0 Å². The molecule has 9 heteroatoms. The molecule has 1 fully saturated rings. The summed E-state index contributed by atoms with van der Waals surface area (Å²) in [4.78, 5) is 47.7. The van der Waals surface area contributed by atoms with E-state index in [1.54, 1.807) is 20.8 Å². The van der Waals surface area contributed by atoms with Gasteiger partial charge in [0.2, 0.25) is 5.91 Å². The third-order valence-corrected chi connectivity index (χ3v) is 3.46. The van der Waals surface area contributed by atoms with Gasteiger partial charge in [0, 0.05) is 19.1 Å². The molecule has 0 saturated carbocycles. The number of esters is 1. The minimum atomic E-state index is -1.13. The van der Waals surface area contributed by atoms with Crippen LogP contribution in [0.4, 0.5) is 4.79 Å². The lowest BCUT2D eigenvalue weighted by atomic mass is 9.92. The Bertz CT molecular complexity index is 512. The van der Waals surface area contributed by atoms with Crippen molar-refractivity contribution in [2.24, 2.45) is 5.92 Å². The normalized spacial score (nSPS) is 20.9. The first-order chi connectivity index (χ1) is 11.0. The van der Waals surface area contributed by atoms with Crippen LogP contribution < -0.4 is 5.32 Å². The maximum absolute atomic E-state index is 12.1. The smallest absolute Gasteiger partial charge is 0.410 e. The van der Waals surface area contributed by atoms with Gasteiger partial charge >= 0.3 is 18.0 Å². The first kappa shape index (κ1) is 19.7. The van der Waals surface area contributed by atoms with Gasteiger partial charge in [0.15, 0.2) is 0 Å². The number of nitrogens with one attached hydrogen (secondary N) is 1. The van der Waals surface area contributed by atoms with Crippen LogP contribution in [0.15, 0.2) is 0 Å². The summed E-state index contributed by atoms with van der Waals surface area (Å²) < 4.78 is 9.63. The van der Waals surface area contributed by atoms with Gasteiger partial charge in [-0.1, -0.05) is 0 Å². The van der Waals surface area contributed by atoms with Crippen LogP contribution in [0.3, 0.4) is 0 Å². The number of ether oxygens (including phenoxy) is 2. The summed E-state index contributed by atoms with van der Waals surface area (Å²) in [6.45, 7) is 5.34. The molecule has 2 amide bonds. The molecule has 0 aromatic rings. The predicted molar refractivity (Wildman–Crippen MR) is 82.1 cm³/mol. The molecule has 2 N–H and O–H groups in total. The lowest BCUT2D eigenvalue weighted by Gasteiger charge is -2.37. The van der Waals surface area contributed by atoms with E-state index in [1.807, 2.05) is 0 Å². The van der Waals surface area contributed by atoms with Gasteiger partial charge in [-0.2, -0.15) is 0 Å². The third kappa shape index (κ3) is 6.05. The Balaban J connectivity index is 2.69. The minimum Gasteiger partial charge on any atom is -0.481 e. The van der Waals surface area contributed by atoms with Gasteiger partial charge in [0.05, 0.1) is 13.0 Å². The lowest BCUT2D eigenvalue weighted by Crippen LogP contribution is -2.55. The van der Waals surface area contributed by atoms with E-state index in [-0.39, 0.29) is 19.5 Å². The van der Waals surface area contributed by atoms with E-state index in [9.17, 15) is 24.3 Å². The molecule has 2 unspecified atom stereocenters. The molecule has 0 aromatic carbocycles. The number of carboxylic acid groups (broad SMARTS) is 1. The van der Waals surface area contributed by atoms with E-state index in [1.165, 1.54) is 4.90 Å². The van der Waals surface area contributed by atoms with Crippen molar-refractivity contribution in [2.75, 3.05) is 20.2 Å². The number of carbonyl (C=O) groups is 4. The number of hydrogen-bond donors (Lipinski definition) is 2. The number of amides is 2. The maximum Gasteiger partial charge on any atom is 0.410 e. The first-order valence-electron chi connectivity index (χ1n) is 7.60. The highest BCUT2D eigenvalue weighted by molar-refractivity contribution is 5.94. The average Bonchev–Trinajstić information content (AvgIpc) is 2.45. The molecule has 0 radical (unpaired) electrons. The zero-order valence-electron chi connectivity index (χ0n) is 14.3. The summed E-state index contributed by atoms with van der Waals surface area (Å²) in [5.41, 5.74) is -0.679. The molecule has 0 spiro atoms. The van der Waals surface area contributed by atoms with Crippen molar-refractivity contribution in [3.8, 4) is 0 Å². The highest BCUT2D eigenvalue weighted by Crippen LogP contribution is 2.20. The molecule has 0 aromatic heterocycles. The molecule has 136 valence electrons. The van der Waals surface area contributed by atoms with Crippen LogP contribution in [0.25, 0.3) is 0 Å². The van der Waals surface area contributed by atoms with E-state index in [2.05, 4.69) is 10.1 Å². The monoisotopic (exact) mass is 344 g/mol. The highest BCUT2D eigenvalue weighted by atomic mass is 16.6. The second-order valence-corrected chi connectivity index (χ2v) is 6.59. The van der Waals surface area contributed by atoms with Crippen molar-refractivity contribution >= 4 is 23.9 Å². The Morgan fingerprint density at radius 3 is 2.38 bits per heavy atom. The molecule has 1 saturated heterocycles.